The van der Waals surface area contributed by atoms with Crippen LogP contribution in [0.15, 0.2) is 109 Å². The third-order valence-corrected chi connectivity index (χ3v) is 11.0. The number of unbranched alkanes of at least 4 members (excludes halogenated alkanes) is 4. The SMILES string of the molecule is CCCCN(CCCC)c1ccc(C(=CC(C=C(c2ccc(OC)cc2)c2ccc(N(CCCC)CCCC)cc2)C(C(=O)OC)C(=O)OC)c2ccc(OC)cc2)cc1. The number of carbonyl (C=O) groups is 2. The lowest BCUT2D eigenvalue weighted by Crippen LogP contribution is -2.32. The van der Waals surface area contributed by atoms with Crippen LogP contribution in [0.5, 0.6) is 11.5 Å². The Balaban J connectivity index is 2.00. The zero-order chi connectivity index (χ0) is 43.3. The number of benzene rings is 4. The van der Waals surface area contributed by atoms with E-state index in [1.165, 1.54) is 25.6 Å². The Bertz CT molecular complexity index is 1780. The minimum Gasteiger partial charge on any atom is -0.497 e. The number of anilines is 2. The summed E-state index contributed by atoms with van der Waals surface area (Å²) in [6.45, 7) is 12.9. The van der Waals surface area contributed by atoms with Gasteiger partial charge >= 0.3 is 11.9 Å². The fourth-order valence-corrected chi connectivity index (χ4v) is 7.39. The maximum Gasteiger partial charge on any atom is 0.320 e. The molecule has 0 aliphatic rings. The van der Waals surface area contributed by atoms with Crippen LogP contribution in [0.25, 0.3) is 11.1 Å². The standard InChI is InChI=1S/C52H68N2O6/c1-9-13-33-53(34-14-10-2)44-25-17-39(18-26-44)48(41-21-29-46(57-5)30-22-41)37-43(50(51(55)59-7)52(56)60-8)38-49(42-23-31-47(58-6)32-24-42)40-19-27-45(28-20-40)54(35-15-11-3)36-16-12-4/h17-32,37-38,43,50H,9-16,33-36H2,1-8H3. The summed E-state index contributed by atoms with van der Waals surface area (Å²) in [6, 6.07) is 33.0. The molecule has 0 bridgehead atoms. The van der Waals surface area contributed by atoms with E-state index in [0.29, 0.717) is 0 Å². The van der Waals surface area contributed by atoms with Gasteiger partial charge < -0.3 is 28.7 Å². The lowest BCUT2D eigenvalue weighted by atomic mass is 9.83. The van der Waals surface area contributed by atoms with Gasteiger partial charge in [-0.1, -0.05) is 114 Å². The average Bonchev–Trinajstić information content (AvgIpc) is 3.30. The largest absolute Gasteiger partial charge is 0.497 e. The maximum absolute atomic E-state index is 13.8. The molecule has 0 aliphatic heterocycles. The van der Waals surface area contributed by atoms with E-state index >= 15 is 0 Å². The predicted octanol–water partition coefficient (Wildman–Crippen LogP) is 11.7. The molecule has 0 N–H and O–H groups in total. The number of methoxy groups -OCH3 is 4. The number of carbonyl (C=O) groups excluding carboxylic acids is 2. The molecule has 0 saturated carbocycles. The Morgan fingerprint density at radius 2 is 0.750 bits per heavy atom. The molecular formula is C52H68N2O6. The van der Waals surface area contributed by atoms with Crippen molar-refractivity contribution in [3.05, 3.63) is 131 Å². The van der Waals surface area contributed by atoms with Gasteiger partial charge in [-0.15, -0.1) is 0 Å². The van der Waals surface area contributed by atoms with E-state index in [4.69, 9.17) is 18.9 Å². The average molecular weight is 817 g/mol. The lowest BCUT2D eigenvalue weighted by molar-refractivity contribution is -0.159. The molecule has 0 aromatic heterocycles. The molecule has 0 saturated heterocycles. The number of ether oxygens (including phenoxy) is 4. The first kappa shape index (κ1) is 47.2. The van der Waals surface area contributed by atoms with Gasteiger partial charge in [-0.05, 0) is 108 Å². The highest BCUT2D eigenvalue weighted by Gasteiger charge is 2.36. The van der Waals surface area contributed by atoms with Crippen LogP contribution in [-0.2, 0) is 19.1 Å². The minimum absolute atomic E-state index is 0.682. The summed E-state index contributed by atoms with van der Waals surface area (Å²) in [5.74, 6) is -2.01. The molecule has 4 aromatic carbocycles. The van der Waals surface area contributed by atoms with Crippen molar-refractivity contribution < 1.29 is 28.5 Å². The van der Waals surface area contributed by atoms with Crippen LogP contribution >= 0.6 is 0 Å². The quantitative estimate of drug-likeness (QED) is 0.0483. The predicted molar refractivity (Wildman–Crippen MR) is 248 cm³/mol. The second-order valence-corrected chi connectivity index (χ2v) is 15.2. The van der Waals surface area contributed by atoms with Gasteiger partial charge in [-0.3, -0.25) is 9.59 Å². The van der Waals surface area contributed by atoms with Crippen LogP contribution < -0.4 is 19.3 Å². The molecule has 0 spiro atoms. The number of rotatable bonds is 25. The Labute approximate surface area is 360 Å². The van der Waals surface area contributed by atoms with E-state index in [-0.39, 0.29) is 0 Å². The van der Waals surface area contributed by atoms with Crippen LogP contribution in [0.1, 0.15) is 101 Å². The fourth-order valence-electron chi connectivity index (χ4n) is 7.39. The van der Waals surface area contributed by atoms with E-state index in [1.54, 1.807) is 14.2 Å². The van der Waals surface area contributed by atoms with E-state index < -0.39 is 23.8 Å². The number of hydrogen-bond donors (Lipinski definition) is 0. The van der Waals surface area contributed by atoms with Gasteiger partial charge in [0.05, 0.1) is 28.4 Å². The second-order valence-electron chi connectivity index (χ2n) is 15.2. The van der Waals surface area contributed by atoms with Crippen LogP contribution in [-0.4, -0.2) is 66.6 Å². The summed E-state index contributed by atoms with van der Waals surface area (Å²) >= 11 is 0. The van der Waals surface area contributed by atoms with E-state index in [9.17, 15) is 9.59 Å². The summed E-state index contributed by atoms with van der Waals surface area (Å²) < 4.78 is 21.7. The molecule has 322 valence electrons. The van der Waals surface area contributed by atoms with Crippen LogP contribution in [0.2, 0.25) is 0 Å². The molecule has 4 rings (SSSR count). The van der Waals surface area contributed by atoms with E-state index in [2.05, 4.69) is 86.0 Å². The van der Waals surface area contributed by atoms with Crippen molar-refractivity contribution in [3.8, 4) is 11.5 Å². The molecule has 8 heteroatoms. The highest BCUT2D eigenvalue weighted by atomic mass is 16.5. The Hall–Kier alpha value is -5.50. The Morgan fingerprint density at radius 3 is 1.00 bits per heavy atom. The summed E-state index contributed by atoms with van der Waals surface area (Å²) in [6.07, 6.45) is 13.0. The number of nitrogens with zero attached hydrogens (tertiary/aromatic N) is 2. The lowest BCUT2D eigenvalue weighted by Gasteiger charge is -2.26. The van der Waals surface area contributed by atoms with Crippen molar-refractivity contribution in [2.24, 2.45) is 11.8 Å². The van der Waals surface area contributed by atoms with Gasteiger partial charge in [0.1, 0.15) is 11.5 Å². The van der Waals surface area contributed by atoms with Gasteiger partial charge in [0, 0.05) is 43.5 Å². The third-order valence-electron chi connectivity index (χ3n) is 11.0. The summed E-state index contributed by atoms with van der Waals surface area (Å²) in [4.78, 5) is 32.5. The van der Waals surface area contributed by atoms with Gasteiger partial charge in [0.2, 0.25) is 0 Å². The number of allylic oxidation sites excluding steroid dienone is 2. The van der Waals surface area contributed by atoms with E-state index in [0.717, 1.165) is 122 Å². The molecule has 0 amide bonds. The van der Waals surface area contributed by atoms with Crippen molar-refractivity contribution in [3.63, 3.8) is 0 Å². The number of esters is 2. The van der Waals surface area contributed by atoms with Gasteiger partial charge in [0.25, 0.3) is 0 Å². The normalized spacial score (nSPS) is 12.2. The van der Waals surface area contributed by atoms with E-state index in [1.807, 2.05) is 60.7 Å². The molecule has 0 aliphatic carbocycles. The molecule has 0 atom stereocenters. The molecular weight excluding hydrogens is 749 g/mol. The summed E-state index contributed by atoms with van der Waals surface area (Å²) in [7, 11) is 5.90. The third kappa shape index (κ3) is 13.3. The monoisotopic (exact) mass is 817 g/mol. The van der Waals surface area contributed by atoms with Gasteiger partial charge in [0.15, 0.2) is 5.92 Å². The minimum atomic E-state index is -1.29. The number of hydrogen-bond acceptors (Lipinski definition) is 8. The van der Waals surface area contributed by atoms with Crippen LogP contribution in [0.4, 0.5) is 11.4 Å². The second kappa shape index (κ2) is 25.2. The molecule has 8 nitrogen and oxygen atoms in total. The molecule has 4 aromatic rings. The van der Waals surface area contributed by atoms with Crippen LogP contribution in [0.3, 0.4) is 0 Å². The highest BCUT2D eigenvalue weighted by Crippen LogP contribution is 2.36. The van der Waals surface area contributed by atoms with Crippen molar-refractivity contribution in [2.45, 2.75) is 79.1 Å². The maximum atomic E-state index is 13.8. The van der Waals surface area contributed by atoms with Gasteiger partial charge in [-0.2, -0.15) is 0 Å². The first-order valence-corrected chi connectivity index (χ1v) is 21.8. The Morgan fingerprint density at radius 1 is 0.467 bits per heavy atom. The van der Waals surface area contributed by atoms with Crippen molar-refractivity contribution in [1.29, 1.82) is 0 Å². The fraction of sp³-hybridized carbons (Fsp3) is 0.423. The molecule has 0 unspecified atom stereocenters. The van der Waals surface area contributed by atoms with Crippen molar-refractivity contribution >= 4 is 34.5 Å². The summed E-state index contributed by atoms with van der Waals surface area (Å²) in [5, 5.41) is 0. The highest BCUT2D eigenvalue weighted by molar-refractivity contribution is 5.97. The molecule has 0 fully saturated rings. The molecule has 0 heterocycles. The van der Waals surface area contributed by atoms with Crippen LogP contribution in [0, 0.1) is 11.8 Å². The van der Waals surface area contributed by atoms with Crippen molar-refractivity contribution in [1.82, 2.24) is 0 Å². The first-order chi connectivity index (χ1) is 29.2. The van der Waals surface area contributed by atoms with Gasteiger partial charge in [-0.25, -0.2) is 0 Å². The topological polar surface area (TPSA) is 77.5 Å². The zero-order valence-corrected chi connectivity index (χ0v) is 37.4. The smallest absolute Gasteiger partial charge is 0.320 e. The molecule has 60 heavy (non-hydrogen) atoms. The molecule has 0 radical (unpaired) electrons. The Kier molecular flexibility index (Phi) is 19.8. The first-order valence-electron chi connectivity index (χ1n) is 21.8. The summed E-state index contributed by atoms with van der Waals surface area (Å²) in [5.41, 5.74) is 7.72. The van der Waals surface area contributed by atoms with Crippen molar-refractivity contribution in [2.75, 3.05) is 64.4 Å². The zero-order valence-electron chi connectivity index (χ0n) is 37.4.